The van der Waals surface area contributed by atoms with Gasteiger partial charge in [-0.25, -0.2) is 5.11 Å². The molecule has 0 bridgehead atoms. The highest BCUT2D eigenvalue weighted by atomic mass is 16.5. The molecule has 4 nitrogen and oxygen atoms in total. The van der Waals surface area contributed by atoms with Gasteiger partial charge in [0.2, 0.25) is 0 Å². The van der Waals surface area contributed by atoms with E-state index in [1.54, 1.807) is 4.90 Å². The minimum absolute atomic E-state index is 0.0569. The molecule has 0 spiro atoms. The second-order valence-corrected chi connectivity index (χ2v) is 3.11. The van der Waals surface area contributed by atoms with Gasteiger partial charge < -0.3 is 9.64 Å². The van der Waals surface area contributed by atoms with Crippen LogP contribution in [0.25, 0.3) is 0 Å². The highest BCUT2D eigenvalue weighted by Crippen LogP contribution is 2.05. The fourth-order valence-electron chi connectivity index (χ4n) is 1.28. The second kappa shape index (κ2) is 3.87. The van der Waals surface area contributed by atoms with Gasteiger partial charge in [-0.15, -0.1) is 0 Å². The van der Waals surface area contributed by atoms with Gasteiger partial charge in [0.05, 0.1) is 12.7 Å². The summed E-state index contributed by atoms with van der Waals surface area (Å²) in [5.41, 5.74) is 0. The summed E-state index contributed by atoms with van der Waals surface area (Å²) in [5, 5.41) is 10.8. The minimum atomic E-state index is -1.14. The highest BCUT2D eigenvalue weighted by molar-refractivity contribution is 5.80. The van der Waals surface area contributed by atoms with E-state index in [0.29, 0.717) is 19.7 Å². The van der Waals surface area contributed by atoms with E-state index in [0.717, 1.165) is 0 Å². The monoisotopic (exact) mass is 172 g/mol. The van der Waals surface area contributed by atoms with Crippen LogP contribution in [0.1, 0.15) is 13.8 Å². The summed E-state index contributed by atoms with van der Waals surface area (Å²) in [5.74, 6) is -0.315. The van der Waals surface area contributed by atoms with Gasteiger partial charge in [0.1, 0.15) is 0 Å². The number of carbonyl (C=O) groups is 1. The average Bonchev–Trinajstić information content (AvgIpc) is 2.03. The summed E-state index contributed by atoms with van der Waals surface area (Å²) in [4.78, 5) is 12.8. The molecule has 1 amide bonds. The molecule has 2 unspecified atom stereocenters. The molecule has 69 valence electrons. The van der Waals surface area contributed by atoms with Crippen LogP contribution in [-0.4, -0.2) is 42.7 Å². The topological polar surface area (TPSA) is 49.4 Å². The number of nitrogens with zero attached hydrogens (tertiary/aromatic N) is 1. The lowest BCUT2D eigenvalue weighted by atomic mass is 10.2. The van der Waals surface area contributed by atoms with Gasteiger partial charge in [0.15, 0.2) is 6.10 Å². The van der Waals surface area contributed by atoms with Crippen LogP contribution in [0.15, 0.2) is 0 Å². The van der Waals surface area contributed by atoms with Gasteiger partial charge in [-0.2, -0.15) is 0 Å². The van der Waals surface area contributed by atoms with Crippen molar-refractivity contribution in [3.05, 3.63) is 0 Å². The first-order valence-electron chi connectivity index (χ1n) is 4.17. The maximum atomic E-state index is 11.2. The Kier molecular flexibility index (Phi) is 3.05. The normalized spacial score (nSPS) is 26.9. The van der Waals surface area contributed by atoms with Crippen LogP contribution in [0.2, 0.25) is 0 Å². The Morgan fingerprint density at radius 1 is 1.67 bits per heavy atom. The Hall–Kier alpha value is -0.610. The summed E-state index contributed by atoms with van der Waals surface area (Å²) in [7, 11) is 0. The first-order chi connectivity index (χ1) is 5.61. The van der Waals surface area contributed by atoms with Gasteiger partial charge in [-0.3, -0.25) is 4.79 Å². The van der Waals surface area contributed by atoms with Crippen LogP contribution in [-0.2, 0) is 14.6 Å². The van der Waals surface area contributed by atoms with Crippen LogP contribution < -0.4 is 0 Å². The lowest BCUT2D eigenvalue weighted by Crippen LogP contribution is -2.47. The summed E-state index contributed by atoms with van der Waals surface area (Å²) in [6, 6.07) is 0. The predicted octanol–water partition coefficient (Wildman–Crippen LogP) is 0.0527. The highest BCUT2D eigenvalue weighted by Gasteiger charge is 2.24. The largest absolute Gasteiger partial charge is 0.375 e. The molecule has 1 radical (unpaired) electrons. The number of amides is 1. The van der Waals surface area contributed by atoms with Gasteiger partial charge in [0, 0.05) is 13.1 Å². The zero-order valence-corrected chi connectivity index (χ0v) is 7.45. The van der Waals surface area contributed by atoms with E-state index < -0.39 is 6.10 Å². The zero-order valence-electron chi connectivity index (χ0n) is 7.45. The van der Waals surface area contributed by atoms with Crippen LogP contribution >= 0.6 is 0 Å². The molecule has 1 rings (SSSR count). The molecule has 1 heterocycles. The maximum Gasteiger partial charge on any atom is 0.254 e. The smallest absolute Gasteiger partial charge is 0.254 e. The number of rotatable bonds is 1. The lowest BCUT2D eigenvalue weighted by molar-refractivity contribution is -0.149. The van der Waals surface area contributed by atoms with Crippen molar-refractivity contribution in [3.8, 4) is 0 Å². The van der Waals surface area contributed by atoms with Crippen molar-refractivity contribution >= 4 is 5.91 Å². The Morgan fingerprint density at radius 2 is 2.33 bits per heavy atom. The summed E-state index contributed by atoms with van der Waals surface area (Å²) >= 11 is 0. The molecular weight excluding hydrogens is 158 g/mol. The summed E-state index contributed by atoms with van der Waals surface area (Å²) < 4.78 is 5.24. The van der Waals surface area contributed by atoms with Gasteiger partial charge in [-0.05, 0) is 13.8 Å². The molecule has 1 fully saturated rings. The molecule has 12 heavy (non-hydrogen) atoms. The molecule has 0 aromatic carbocycles. The molecule has 0 saturated carbocycles. The first-order valence-corrected chi connectivity index (χ1v) is 4.17. The minimum Gasteiger partial charge on any atom is -0.375 e. The third-order valence-corrected chi connectivity index (χ3v) is 1.90. The van der Waals surface area contributed by atoms with Crippen LogP contribution in [0.5, 0.6) is 0 Å². The molecule has 1 aliphatic heterocycles. The molecule has 1 aliphatic rings. The van der Waals surface area contributed by atoms with Crippen molar-refractivity contribution in [1.29, 1.82) is 0 Å². The van der Waals surface area contributed by atoms with Crippen LogP contribution in [0.4, 0.5) is 0 Å². The molecule has 0 aromatic rings. The van der Waals surface area contributed by atoms with E-state index in [4.69, 9.17) is 4.74 Å². The van der Waals surface area contributed by atoms with E-state index in [1.807, 2.05) is 6.92 Å². The predicted molar refractivity (Wildman–Crippen MR) is 42.1 cm³/mol. The Bertz CT molecular complexity index is 170. The van der Waals surface area contributed by atoms with Crippen molar-refractivity contribution in [2.24, 2.45) is 0 Å². The molecule has 0 aromatic heterocycles. The van der Waals surface area contributed by atoms with Crippen molar-refractivity contribution in [3.63, 3.8) is 0 Å². The van der Waals surface area contributed by atoms with Gasteiger partial charge in [0.25, 0.3) is 5.91 Å². The molecule has 2 atom stereocenters. The van der Waals surface area contributed by atoms with Crippen molar-refractivity contribution < 1.29 is 14.6 Å². The van der Waals surface area contributed by atoms with Crippen molar-refractivity contribution in [1.82, 2.24) is 4.90 Å². The number of morpholine rings is 1. The van der Waals surface area contributed by atoms with E-state index in [1.165, 1.54) is 6.92 Å². The molecule has 0 aliphatic carbocycles. The van der Waals surface area contributed by atoms with E-state index >= 15 is 0 Å². The Balaban J connectivity index is 2.46. The number of ether oxygens (including phenoxy) is 1. The standard InChI is InChI=1S/C8H14NO3/c1-6-5-9(3-4-12-6)8(11)7(2)10/h6-7H,3-5H2,1-2H3. The van der Waals surface area contributed by atoms with E-state index in [-0.39, 0.29) is 12.0 Å². The summed E-state index contributed by atoms with van der Waals surface area (Å²) in [6.07, 6.45) is -1.09. The first kappa shape index (κ1) is 9.48. The average molecular weight is 172 g/mol. The van der Waals surface area contributed by atoms with E-state index in [9.17, 15) is 9.90 Å². The van der Waals surface area contributed by atoms with Crippen LogP contribution in [0.3, 0.4) is 0 Å². The van der Waals surface area contributed by atoms with Crippen molar-refractivity contribution in [2.45, 2.75) is 26.1 Å². The summed E-state index contributed by atoms with van der Waals surface area (Å²) in [6.45, 7) is 4.91. The lowest BCUT2D eigenvalue weighted by Gasteiger charge is -2.31. The molecular formula is C8H14NO3. The third-order valence-electron chi connectivity index (χ3n) is 1.90. The number of hydrogen-bond donors (Lipinski definition) is 0. The van der Waals surface area contributed by atoms with Crippen molar-refractivity contribution in [2.75, 3.05) is 19.7 Å². The molecule has 1 saturated heterocycles. The van der Waals surface area contributed by atoms with Crippen LogP contribution in [0, 0.1) is 0 Å². The zero-order chi connectivity index (χ0) is 9.14. The number of hydrogen-bond acceptors (Lipinski definition) is 2. The fourth-order valence-corrected chi connectivity index (χ4v) is 1.28. The SMILES string of the molecule is CC1CN(C(=O)C(C)[O])CCO1. The third kappa shape index (κ3) is 2.19. The van der Waals surface area contributed by atoms with Gasteiger partial charge >= 0.3 is 0 Å². The quantitative estimate of drug-likeness (QED) is 0.561. The fraction of sp³-hybridized carbons (Fsp3) is 0.875. The Morgan fingerprint density at radius 3 is 2.83 bits per heavy atom. The second-order valence-electron chi connectivity index (χ2n) is 3.11. The number of carbonyl (C=O) groups excluding carboxylic acids is 1. The Labute approximate surface area is 72.1 Å². The van der Waals surface area contributed by atoms with Gasteiger partial charge in [-0.1, -0.05) is 0 Å². The molecule has 4 heteroatoms. The van der Waals surface area contributed by atoms with E-state index in [2.05, 4.69) is 0 Å². The maximum absolute atomic E-state index is 11.2. The molecule has 0 N–H and O–H groups in total.